The zero-order chi connectivity index (χ0) is 28.1. The van der Waals surface area contributed by atoms with E-state index in [1.165, 1.54) is 0 Å². The number of hydrogen-bond donors (Lipinski definition) is 3. The first-order valence-corrected chi connectivity index (χ1v) is 13.2. The topological polar surface area (TPSA) is 120 Å². The van der Waals surface area contributed by atoms with E-state index in [2.05, 4.69) is 15.4 Å². The van der Waals surface area contributed by atoms with Crippen LogP contribution in [0.2, 0.25) is 0 Å². The molecule has 0 spiro atoms. The van der Waals surface area contributed by atoms with E-state index in [-0.39, 0.29) is 24.5 Å². The summed E-state index contributed by atoms with van der Waals surface area (Å²) >= 11 is 6.28. The molecule has 0 radical (unpaired) electrons. The van der Waals surface area contributed by atoms with Gasteiger partial charge in [0.2, 0.25) is 5.91 Å². The Bertz CT molecular complexity index is 1100. The number of nitrogens with two attached hydrogens (primary N) is 1. The average Bonchev–Trinajstić information content (AvgIpc) is 2.97. The lowest BCUT2D eigenvalue weighted by Crippen LogP contribution is -2.27. The second-order valence-corrected chi connectivity index (χ2v) is 9.10. The fourth-order valence-electron chi connectivity index (χ4n) is 3.35. The van der Waals surface area contributed by atoms with E-state index >= 15 is 0 Å². The summed E-state index contributed by atoms with van der Waals surface area (Å²) in [5, 5.41) is 5.36. The fraction of sp³-hybridized carbons (Fsp3) is 0.300. The molecule has 0 aliphatic carbocycles. The van der Waals surface area contributed by atoms with Gasteiger partial charge in [-0.15, -0.1) is 11.6 Å². The van der Waals surface area contributed by atoms with Crippen LogP contribution in [-0.4, -0.2) is 31.2 Å². The van der Waals surface area contributed by atoms with Gasteiger partial charge in [0.25, 0.3) is 0 Å². The molecule has 0 aliphatic rings. The second kappa shape index (κ2) is 19.1. The predicted octanol–water partition coefficient (Wildman–Crippen LogP) is 5.85. The fourth-order valence-corrected chi connectivity index (χ4v) is 3.57. The molecule has 0 aromatic heterocycles. The number of hydrogen-bond acceptors (Lipinski definition) is 5. The molecule has 3 amide bonds. The quantitative estimate of drug-likeness (QED) is 0.181. The number of unbranched alkanes of at least 4 members (excludes halogenated alkanes) is 2. The van der Waals surface area contributed by atoms with E-state index in [0.29, 0.717) is 19.5 Å². The standard InChI is InChI=1S/C22H27ClN2O3.C8H9NO2/c23-20(19-12-6-2-7-13-19)16-25-21(26)14-8-3-9-15-24-22(27)28-17-18-10-4-1-5-11-18;9-8(10)11-6-7-4-2-1-3-5-7/h1-2,4-7,10-13,20H,3,8-9,14-17H2,(H,24,27)(H,25,26);1-5H,6H2,(H2,9,10). The summed E-state index contributed by atoms with van der Waals surface area (Å²) in [6.45, 7) is 1.46. The van der Waals surface area contributed by atoms with Crippen LogP contribution < -0.4 is 16.4 Å². The van der Waals surface area contributed by atoms with E-state index in [1.807, 2.05) is 91.0 Å². The molecule has 1 unspecified atom stereocenters. The van der Waals surface area contributed by atoms with Crippen molar-refractivity contribution < 1.29 is 23.9 Å². The number of ether oxygens (including phenoxy) is 2. The molecule has 8 nitrogen and oxygen atoms in total. The molecule has 0 saturated heterocycles. The Labute approximate surface area is 234 Å². The van der Waals surface area contributed by atoms with Crippen LogP contribution in [0, 0.1) is 0 Å². The van der Waals surface area contributed by atoms with Crippen molar-refractivity contribution in [2.75, 3.05) is 13.1 Å². The summed E-state index contributed by atoms with van der Waals surface area (Å²) in [4.78, 5) is 33.7. The summed E-state index contributed by atoms with van der Waals surface area (Å²) < 4.78 is 9.70. The summed E-state index contributed by atoms with van der Waals surface area (Å²) in [5.41, 5.74) is 7.66. The van der Waals surface area contributed by atoms with Crippen LogP contribution in [0.15, 0.2) is 91.0 Å². The molecule has 0 saturated carbocycles. The Morgan fingerprint density at radius 3 is 1.82 bits per heavy atom. The van der Waals surface area contributed by atoms with E-state index in [0.717, 1.165) is 36.0 Å². The SMILES string of the molecule is NC(=O)OCc1ccccc1.O=C(CCCCCNC(=O)OCc1ccccc1)NCC(Cl)c1ccccc1. The lowest BCUT2D eigenvalue weighted by atomic mass is 10.1. The van der Waals surface area contributed by atoms with Crippen molar-refractivity contribution in [3.63, 3.8) is 0 Å². The molecule has 0 fully saturated rings. The third-order valence-corrected chi connectivity index (χ3v) is 5.83. The molecule has 4 N–H and O–H groups in total. The van der Waals surface area contributed by atoms with Crippen molar-refractivity contribution in [3.05, 3.63) is 108 Å². The van der Waals surface area contributed by atoms with Crippen LogP contribution in [0.1, 0.15) is 47.8 Å². The Hall–Kier alpha value is -4.04. The van der Waals surface area contributed by atoms with Gasteiger partial charge in [-0.2, -0.15) is 0 Å². The number of rotatable bonds is 13. The normalized spacial score (nSPS) is 10.8. The van der Waals surface area contributed by atoms with Crippen LogP contribution in [-0.2, 0) is 27.5 Å². The number of nitrogens with one attached hydrogen (secondary N) is 2. The van der Waals surface area contributed by atoms with Crippen molar-refractivity contribution in [2.45, 2.75) is 44.3 Å². The number of alkyl halides is 1. The van der Waals surface area contributed by atoms with Crippen LogP contribution >= 0.6 is 11.6 Å². The third kappa shape index (κ3) is 15.1. The number of carbonyl (C=O) groups is 3. The lowest BCUT2D eigenvalue weighted by Gasteiger charge is -2.11. The Morgan fingerprint density at radius 2 is 1.26 bits per heavy atom. The van der Waals surface area contributed by atoms with Gasteiger partial charge in [0.05, 0.1) is 5.38 Å². The summed E-state index contributed by atoms with van der Waals surface area (Å²) in [7, 11) is 0. The molecule has 39 heavy (non-hydrogen) atoms. The number of carbonyl (C=O) groups excluding carboxylic acids is 3. The van der Waals surface area contributed by atoms with E-state index in [1.54, 1.807) is 0 Å². The zero-order valence-electron chi connectivity index (χ0n) is 21.9. The Balaban J connectivity index is 0.000000404. The van der Waals surface area contributed by atoms with Gasteiger partial charge < -0.3 is 25.8 Å². The molecule has 1 atom stereocenters. The second-order valence-electron chi connectivity index (χ2n) is 8.57. The maximum atomic E-state index is 11.9. The molecule has 0 heterocycles. The van der Waals surface area contributed by atoms with Gasteiger partial charge in [0.1, 0.15) is 13.2 Å². The molecule has 0 bridgehead atoms. The molecule has 3 aromatic rings. The van der Waals surface area contributed by atoms with Gasteiger partial charge in [-0.25, -0.2) is 9.59 Å². The molecule has 208 valence electrons. The summed E-state index contributed by atoms with van der Waals surface area (Å²) in [6.07, 6.45) is 1.72. The first kappa shape index (κ1) is 31.2. The first-order valence-electron chi connectivity index (χ1n) is 12.8. The number of alkyl carbamates (subject to hydrolysis) is 1. The highest BCUT2D eigenvalue weighted by Crippen LogP contribution is 2.18. The number of benzene rings is 3. The summed E-state index contributed by atoms with van der Waals surface area (Å²) in [5.74, 6) is -0.00295. The molecule has 3 rings (SSSR count). The maximum Gasteiger partial charge on any atom is 0.407 e. The number of primary amides is 1. The number of amides is 3. The predicted molar refractivity (Wildman–Crippen MR) is 152 cm³/mol. The van der Waals surface area contributed by atoms with Crippen molar-refractivity contribution in [1.29, 1.82) is 0 Å². The minimum Gasteiger partial charge on any atom is -0.445 e. The smallest absolute Gasteiger partial charge is 0.407 e. The summed E-state index contributed by atoms with van der Waals surface area (Å²) in [6, 6.07) is 28.6. The Kier molecular flexibility index (Phi) is 15.3. The molecule has 3 aromatic carbocycles. The van der Waals surface area contributed by atoms with E-state index in [4.69, 9.17) is 22.1 Å². The van der Waals surface area contributed by atoms with E-state index < -0.39 is 12.2 Å². The minimum atomic E-state index is -0.742. The highest BCUT2D eigenvalue weighted by atomic mass is 35.5. The van der Waals surface area contributed by atoms with Crippen molar-refractivity contribution in [1.82, 2.24) is 10.6 Å². The van der Waals surface area contributed by atoms with Crippen molar-refractivity contribution >= 4 is 29.7 Å². The van der Waals surface area contributed by atoms with Crippen LogP contribution in [0.4, 0.5) is 9.59 Å². The van der Waals surface area contributed by atoms with E-state index in [9.17, 15) is 14.4 Å². The van der Waals surface area contributed by atoms with Gasteiger partial charge in [-0.3, -0.25) is 4.79 Å². The monoisotopic (exact) mass is 553 g/mol. The average molecular weight is 554 g/mol. The zero-order valence-corrected chi connectivity index (χ0v) is 22.6. The number of halogens is 1. The van der Waals surface area contributed by atoms with Gasteiger partial charge in [-0.1, -0.05) is 97.4 Å². The van der Waals surface area contributed by atoms with Gasteiger partial charge >= 0.3 is 12.2 Å². The van der Waals surface area contributed by atoms with Gasteiger partial charge in [0.15, 0.2) is 0 Å². The maximum absolute atomic E-state index is 11.9. The first-order chi connectivity index (χ1) is 18.9. The molecular weight excluding hydrogens is 518 g/mol. The highest BCUT2D eigenvalue weighted by molar-refractivity contribution is 6.21. The van der Waals surface area contributed by atoms with Crippen LogP contribution in [0.25, 0.3) is 0 Å². The molecule has 0 aliphatic heterocycles. The lowest BCUT2D eigenvalue weighted by molar-refractivity contribution is -0.121. The minimum absolute atomic E-state index is 0.00295. The van der Waals surface area contributed by atoms with Crippen molar-refractivity contribution in [2.24, 2.45) is 5.73 Å². The Morgan fingerprint density at radius 1 is 0.718 bits per heavy atom. The van der Waals surface area contributed by atoms with Crippen LogP contribution in [0.3, 0.4) is 0 Å². The molecular formula is C30H36ClN3O5. The molecule has 9 heteroatoms. The highest BCUT2D eigenvalue weighted by Gasteiger charge is 2.09. The third-order valence-electron chi connectivity index (χ3n) is 5.43. The largest absolute Gasteiger partial charge is 0.445 e. The van der Waals surface area contributed by atoms with Gasteiger partial charge in [-0.05, 0) is 29.5 Å². The van der Waals surface area contributed by atoms with Gasteiger partial charge in [0, 0.05) is 19.5 Å². The van der Waals surface area contributed by atoms with Crippen LogP contribution in [0.5, 0.6) is 0 Å². The van der Waals surface area contributed by atoms with Crippen molar-refractivity contribution in [3.8, 4) is 0 Å².